The number of aliphatic hydroxyl groups is 1. The highest BCUT2D eigenvalue weighted by molar-refractivity contribution is 5.88. The molecule has 0 saturated heterocycles. The monoisotopic (exact) mass is 186 g/mol. The van der Waals surface area contributed by atoms with Crippen LogP contribution < -0.4 is 0 Å². The van der Waals surface area contributed by atoms with E-state index in [0.717, 1.165) is 0 Å². The maximum Gasteiger partial charge on any atom is 0.384 e. The summed E-state index contributed by atoms with van der Waals surface area (Å²) in [4.78, 5) is 21.0. The summed E-state index contributed by atoms with van der Waals surface area (Å²) in [5.41, 5.74) is 0. The lowest BCUT2D eigenvalue weighted by atomic mass is 10.4. The van der Waals surface area contributed by atoms with E-state index >= 15 is 0 Å². The van der Waals surface area contributed by atoms with Crippen molar-refractivity contribution >= 4 is 11.9 Å². The fourth-order valence-electron chi connectivity index (χ4n) is 0.387. The zero-order valence-corrected chi connectivity index (χ0v) is 7.36. The van der Waals surface area contributed by atoms with Gasteiger partial charge >= 0.3 is 11.9 Å². The minimum Gasteiger partial charge on any atom is -0.459 e. The maximum atomic E-state index is 10.6. The van der Waals surface area contributed by atoms with Crippen LogP contribution in [0.5, 0.6) is 0 Å². The maximum absolute atomic E-state index is 10.6. The zero-order chi connectivity index (χ0) is 10.3. The summed E-state index contributed by atoms with van der Waals surface area (Å²) < 4.78 is 8.63. The molecule has 0 aliphatic rings. The van der Waals surface area contributed by atoms with Gasteiger partial charge in [-0.3, -0.25) is 0 Å². The molecule has 0 aromatic rings. The van der Waals surface area contributed by atoms with Gasteiger partial charge in [-0.1, -0.05) is 0 Å². The quantitative estimate of drug-likeness (QED) is 0.343. The molecule has 0 spiro atoms. The minimum atomic E-state index is -1.18. The van der Waals surface area contributed by atoms with E-state index in [1.165, 1.54) is 14.0 Å². The molecule has 1 unspecified atom stereocenters. The standard InChI is InChI=1S/C8H10O5/c1-6(9)8(11)13-5-3-4-7(10)12-2/h6,9H,5H2,1-2H3. The average molecular weight is 186 g/mol. The van der Waals surface area contributed by atoms with Gasteiger partial charge in [-0.15, -0.1) is 0 Å². The molecule has 0 fully saturated rings. The molecule has 72 valence electrons. The number of methoxy groups -OCH3 is 1. The highest BCUT2D eigenvalue weighted by atomic mass is 16.5. The van der Waals surface area contributed by atoms with Crippen molar-refractivity contribution < 1.29 is 24.2 Å². The van der Waals surface area contributed by atoms with E-state index in [1.54, 1.807) is 0 Å². The fraction of sp³-hybridized carbons (Fsp3) is 0.500. The third-order valence-electron chi connectivity index (χ3n) is 1.00. The zero-order valence-electron chi connectivity index (χ0n) is 7.36. The van der Waals surface area contributed by atoms with Crippen LogP contribution in [0.15, 0.2) is 0 Å². The molecular weight excluding hydrogens is 176 g/mol. The Bertz CT molecular complexity index is 245. The number of aliphatic hydroxyl groups excluding tert-OH is 1. The normalized spacial score (nSPS) is 10.7. The molecule has 1 atom stereocenters. The Labute approximate surface area is 75.6 Å². The number of ether oxygens (including phenoxy) is 2. The first-order chi connectivity index (χ1) is 6.07. The van der Waals surface area contributed by atoms with Crippen LogP contribution in [0, 0.1) is 11.8 Å². The van der Waals surface area contributed by atoms with Crippen LogP contribution in [0.1, 0.15) is 6.92 Å². The second-order valence-electron chi connectivity index (χ2n) is 2.08. The second kappa shape index (κ2) is 6.03. The molecule has 0 saturated carbocycles. The first kappa shape index (κ1) is 11.5. The van der Waals surface area contributed by atoms with E-state index < -0.39 is 18.0 Å². The predicted molar refractivity (Wildman–Crippen MR) is 42.4 cm³/mol. The topological polar surface area (TPSA) is 72.8 Å². The molecule has 0 aliphatic heterocycles. The molecule has 13 heavy (non-hydrogen) atoms. The van der Waals surface area contributed by atoms with E-state index in [1.807, 2.05) is 0 Å². The molecule has 0 rings (SSSR count). The number of hydrogen-bond donors (Lipinski definition) is 1. The Hall–Kier alpha value is -1.54. The van der Waals surface area contributed by atoms with Crippen molar-refractivity contribution in [1.82, 2.24) is 0 Å². The van der Waals surface area contributed by atoms with Crippen LogP contribution in [-0.4, -0.2) is 36.9 Å². The number of rotatable bonds is 2. The Morgan fingerprint density at radius 2 is 2.15 bits per heavy atom. The smallest absolute Gasteiger partial charge is 0.384 e. The SMILES string of the molecule is COC(=O)C#CCOC(=O)C(C)O. The summed E-state index contributed by atoms with van der Waals surface area (Å²) in [7, 11) is 1.19. The fourth-order valence-corrected chi connectivity index (χ4v) is 0.387. The van der Waals surface area contributed by atoms with Gasteiger partial charge in [0, 0.05) is 5.92 Å². The van der Waals surface area contributed by atoms with Crippen molar-refractivity contribution in [3.05, 3.63) is 0 Å². The van der Waals surface area contributed by atoms with E-state index in [4.69, 9.17) is 5.11 Å². The summed E-state index contributed by atoms with van der Waals surface area (Å²) in [5, 5.41) is 8.66. The largest absolute Gasteiger partial charge is 0.459 e. The lowest BCUT2D eigenvalue weighted by Crippen LogP contribution is -2.19. The molecule has 5 heteroatoms. The van der Waals surface area contributed by atoms with Crippen molar-refractivity contribution in [2.75, 3.05) is 13.7 Å². The van der Waals surface area contributed by atoms with Crippen molar-refractivity contribution in [2.45, 2.75) is 13.0 Å². The van der Waals surface area contributed by atoms with Gasteiger partial charge in [0.2, 0.25) is 0 Å². The molecular formula is C8H10O5. The lowest BCUT2D eigenvalue weighted by molar-refractivity contribution is -0.151. The summed E-state index contributed by atoms with van der Waals surface area (Å²) >= 11 is 0. The van der Waals surface area contributed by atoms with Gasteiger partial charge in [-0.05, 0) is 12.8 Å². The molecule has 0 amide bonds. The summed E-state index contributed by atoms with van der Waals surface area (Å²) in [6.45, 7) is 1.04. The molecule has 0 aromatic carbocycles. The van der Waals surface area contributed by atoms with Crippen LogP contribution in [-0.2, 0) is 19.1 Å². The Balaban J connectivity index is 3.71. The molecule has 0 aliphatic carbocycles. The number of carbonyl (C=O) groups is 2. The molecule has 0 bridgehead atoms. The van der Waals surface area contributed by atoms with Gasteiger partial charge in [0.1, 0.15) is 6.10 Å². The lowest BCUT2D eigenvalue weighted by Gasteiger charge is -2.01. The average Bonchev–Trinajstić information content (AvgIpc) is 2.11. The van der Waals surface area contributed by atoms with Gasteiger partial charge in [-0.2, -0.15) is 0 Å². The highest BCUT2D eigenvalue weighted by Crippen LogP contribution is 1.84. The minimum absolute atomic E-state index is 0.237. The van der Waals surface area contributed by atoms with E-state index in [0.29, 0.717) is 0 Å². The van der Waals surface area contributed by atoms with Gasteiger partial charge in [0.25, 0.3) is 0 Å². The second-order valence-corrected chi connectivity index (χ2v) is 2.08. The molecule has 0 heterocycles. The molecule has 0 aromatic heterocycles. The predicted octanol–water partition coefficient (Wildman–Crippen LogP) is -0.913. The van der Waals surface area contributed by atoms with Crippen LogP contribution in [0.4, 0.5) is 0 Å². The Morgan fingerprint density at radius 1 is 1.54 bits per heavy atom. The highest BCUT2D eigenvalue weighted by Gasteiger charge is 2.08. The van der Waals surface area contributed by atoms with Gasteiger partial charge in [0.15, 0.2) is 6.61 Å². The Kier molecular flexibility index (Phi) is 5.32. The van der Waals surface area contributed by atoms with Crippen LogP contribution in [0.2, 0.25) is 0 Å². The Morgan fingerprint density at radius 3 is 2.62 bits per heavy atom. The van der Waals surface area contributed by atoms with E-state index in [-0.39, 0.29) is 6.61 Å². The summed E-state index contributed by atoms with van der Waals surface area (Å²) in [6.07, 6.45) is -1.18. The van der Waals surface area contributed by atoms with Crippen LogP contribution in [0.25, 0.3) is 0 Å². The van der Waals surface area contributed by atoms with E-state index in [2.05, 4.69) is 21.3 Å². The molecule has 1 N–H and O–H groups in total. The van der Waals surface area contributed by atoms with Crippen molar-refractivity contribution in [3.8, 4) is 11.8 Å². The van der Waals surface area contributed by atoms with Gasteiger partial charge in [-0.25, -0.2) is 9.59 Å². The third-order valence-corrected chi connectivity index (χ3v) is 1.00. The molecule has 5 nitrogen and oxygen atoms in total. The van der Waals surface area contributed by atoms with Gasteiger partial charge in [0.05, 0.1) is 7.11 Å². The van der Waals surface area contributed by atoms with Crippen LogP contribution >= 0.6 is 0 Å². The van der Waals surface area contributed by atoms with Crippen molar-refractivity contribution in [1.29, 1.82) is 0 Å². The summed E-state index contributed by atoms with van der Waals surface area (Å²) in [5.74, 6) is 2.82. The first-order valence-corrected chi connectivity index (χ1v) is 3.49. The number of esters is 2. The van der Waals surface area contributed by atoms with Gasteiger partial charge < -0.3 is 14.6 Å². The van der Waals surface area contributed by atoms with E-state index in [9.17, 15) is 9.59 Å². The number of carbonyl (C=O) groups excluding carboxylic acids is 2. The van der Waals surface area contributed by atoms with Crippen molar-refractivity contribution in [2.24, 2.45) is 0 Å². The van der Waals surface area contributed by atoms with Crippen LogP contribution in [0.3, 0.4) is 0 Å². The summed E-state index contributed by atoms with van der Waals surface area (Å²) in [6, 6.07) is 0. The first-order valence-electron chi connectivity index (χ1n) is 3.49. The molecule has 0 radical (unpaired) electrons. The van der Waals surface area contributed by atoms with Crippen molar-refractivity contribution in [3.63, 3.8) is 0 Å². The third kappa shape index (κ3) is 5.70. The number of hydrogen-bond acceptors (Lipinski definition) is 5.